The van der Waals surface area contributed by atoms with E-state index in [-0.39, 0.29) is 5.41 Å². The van der Waals surface area contributed by atoms with Crippen molar-refractivity contribution in [3.8, 4) is 0 Å². The van der Waals surface area contributed by atoms with Gasteiger partial charge in [-0.05, 0) is 19.1 Å². The van der Waals surface area contributed by atoms with Crippen molar-refractivity contribution in [1.29, 1.82) is 0 Å². The summed E-state index contributed by atoms with van der Waals surface area (Å²) in [5.74, 6) is 0.542. The van der Waals surface area contributed by atoms with Gasteiger partial charge in [0.25, 0.3) is 0 Å². The van der Waals surface area contributed by atoms with Crippen LogP contribution in [0.4, 0.5) is 0 Å². The standard InChI is InChI=1S/C10H18N2/c1-6-8(10(3,4)5)12-9(11)7-2/h6-7H,1,11H2,2-5H3/b9-7-,12-8?. The van der Waals surface area contributed by atoms with Crippen LogP contribution in [0.1, 0.15) is 27.7 Å². The van der Waals surface area contributed by atoms with E-state index in [1.807, 2.05) is 6.92 Å². The van der Waals surface area contributed by atoms with Crippen molar-refractivity contribution in [2.45, 2.75) is 27.7 Å². The van der Waals surface area contributed by atoms with Crippen molar-refractivity contribution in [2.75, 3.05) is 0 Å². The minimum atomic E-state index is 0.00931. The molecular weight excluding hydrogens is 148 g/mol. The van der Waals surface area contributed by atoms with Gasteiger partial charge in [0.1, 0.15) is 5.82 Å². The maximum absolute atomic E-state index is 5.57. The topological polar surface area (TPSA) is 38.4 Å². The van der Waals surface area contributed by atoms with Crippen LogP contribution in [0.3, 0.4) is 0 Å². The molecule has 0 aliphatic rings. The first-order valence-electron chi connectivity index (χ1n) is 4.05. The zero-order valence-electron chi connectivity index (χ0n) is 8.39. The smallest absolute Gasteiger partial charge is 0.119 e. The van der Waals surface area contributed by atoms with Crippen molar-refractivity contribution in [2.24, 2.45) is 16.1 Å². The number of rotatable bonds is 2. The van der Waals surface area contributed by atoms with E-state index in [9.17, 15) is 0 Å². The van der Waals surface area contributed by atoms with E-state index < -0.39 is 0 Å². The van der Waals surface area contributed by atoms with Crippen LogP contribution in [0.5, 0.6) is 0 Å². The van der Waals surface area contributed by atoms with Gasteiger partial charge in [0.05, 0.1) is 0 Å². The Morgan fingerprint density at radius 1 is 1.42 bits per heavy atom. The lowest BCUT2D eigenvalue weighted by Gasteiger charge is -2.18. The highest BCUT2D eigenvalue weighted by molar-refractivity contribution is 5.99. The molecule has 0 amide bonds. The summed E-state index contributed by atoms with van der Waals surface area (Å²) in [6.07, 6.45) is 3.52. The Morgan fingerprint density at radius 3 is 2.17 bits per heavy atom. The first kappa shape index (κ1) is 11.0. The lowest BCUT2D eigenvalue weighted by atomic mass is 9.90. The highest BCUT2D eigenvalue weighted by Gasteiger charge is 2.15. The third-order valence-electron chi connectivity index (χ3n) is 1.51. The Balaban J connectivity index is 4.80. The Bertz CT molecular complexity index is 216. The summed E-state index contributed by atoms with van der Waals surface area (Å²) < 4.78 is 0. The molecule has 0 saturated carbocycles. The lowest BCUT2D eigenvalue weighted by molar-refractivity contribution is 0.593. The maximum atomic E-state index is 5.57. The SMILES string of the molecule is C=CC(=N/C(N)=C\C)C(C)(C)C. The van der Waals surface area contributed by atoms with Gasteiger partial charge >= 0.3 is 0 Å². The van der Waals surface area contributed by atoms with Crippen molar-refractivity contribution in [1.82, 2.24) is 0 Å². The largest absolute Gasteiger partial charge is 0.384 e. The van der Waals surface area contributed by atoms with Crippen molar-refractivity contribution < 1.29 is 0 Å². The summed E-state index contributed by atoms with van der Waals surface area (Å²) in [5.41, 5.74) is 6.50. The molecule has 68 valence electrons. The predicted octanol–water partition coefficient (Wildman–Crippen LogP) is 2.48. The fraction of sp³-hybridized carbons (Fsp3) is 0.500. The molecule has 0 rings (SSSR count). The van der Waals surface area contributed by atoms with Gasteiger partial charge in [-0.3, -0.25) is 0 Å². The number of hydrogen-bond acceptors (Lipinski definition) is 2. The van der Waals surface area contributed by atoms with E-state index in [1.165, 1.54) is 0 Å². The van der Waals surface area contributed by atoms with E-state index in [0.717, 1.165) is 5.71 Å². The Morgan fingerprint density at radius 2 is 1.92 bits per heavy atom. The van der Waals surface area contributed by atoms with Gasteiger partial charge < -0.3 is 5.73 Å². The Kier molecular flexibility index (Phi) is 3.74. The summed E-state index contributed by atoms with van der Waals surface area (Å²) >= 11 is 0. The highest BCUT2D eigenvalue weighted by Crippen LogP contribution is 2.17. The zero-order valence-corrected chi connectivity index (χ0v) is 8.39. The molecule has 0 aliphatic heterocycles. The molecule has 0 aromatic carbocycles. The molecule has 0 bridgehead atoms. The van der Waals surface area contributed by atoms with Gasteiger partial charge in [-0.1, -0.05) is 27.4 Å². The maximum Gasteiger partial charge on any atom is 0.119 e. The van der Waals surface area contributed by atoms with Crippen LogP contribution in [0.2, 0.25) is 0 Å². The van der Waals surface area contributed by atoms with E-state index >= 15 is 0 Å². The van der Waals surface area contributed by atoms with Gasteiger partial charge in [0.2, 0.25) is 0 Å². The molecule has 0 fully saturated rings. The zero-order chi connectivity index (χ0) is 9.78. The van der Waals surface area contributed by atoms with Crippen LogP contribution in [-0.4, -0.2) is 5.71 Å². The van der Waals surface area contributed by atoms with Crippen LogP contribution < -0.4 is 5.73 Å². The van der Waals surface area contributed by atoms with E-state index in [0.29, 0.717) is 5.82 Å². The summed E-state index contributed by atoms with van der Waals surface area (Å²) in [6.45, 7) is 11.8. The van der Waals surface area contributed by atoms with Crippen LogP contribution in [-0.2, 0) is 0 Å². The average molecular weight is 166 g/mol. The molecule has 0 aliphatic carbocycles. The molecule has 0 saturated heterocycles. The second-order valence-corrected chi connectivity index (χ2v) is 3.66. The fourth-order valence-corrected chi connectivity index (χ4v) is 0.723. The molecule has 0 spiro atoms. The van der Waals surface area contributed by atoms with Crippen LogP contribution in [0, 0.1) is 5.41 Å². The molecule has 0 atom stereocenters. The number of hydrogen-bond donors (Lipinski definition) is 1. The van der Waals surface area contributed by atoms with Crippen molar-refractivity contribution in [3.63, 3.8) is 0 Å². The van der Waals surface area contributed by atoms with E-state index in [1.54, 1.807) is 12.2 Å². The van der Waals surface area contributed by atoms with Crippen molar-refractivity contribution >= 4 is 5.71 Å². The minimum Gasteiger partial charge on any atom is -0.384 e. The number of nitrogens with zero attached hydrogens (tertiary/aromatic N) is 1. The molecule has 0 unspecified atom stereocenters. The van der Waals surface area contributed by atoms with E-state index in [2.05, 4.69) is 32.3 Å². The monoisotopic (exact) mass is 166 g/mol. The molecular formula is C10H18N2. The third kappa shape index (κ3) is 3.37. The van der Waals surface area contributed by atoms with Gasteiger partial charge in [0, 0.05) is 11.1 Å². The molecule has 0 aromatic heterocycles. The second-order valence-electron chi connectivity index (χ2n) is 3.66. The van der Waals surface area contributed by atoms with Crippen LogP contribution in [0.15, 0.2) is 29.5 Å². The molecule has 0 heterocycles. The molecule has 2 nitrogen and oxygen atoms in total. The minimum absolute atomic E-state index is 0.00931. The van der Waals surface area contributed by atoms with Gasteiger partial charge in [0.15, 0.2) is 0 Å². The summed E-state index contributed by atoms with van der Waals surface area (Å²) in [7, 11) is 0. The average Bonchev–Trinajstić information content (AvgIpc) is 1.97. The van der Waals surface area contributed by atoms with E-state index in [4.69, 9.17) is 5.73 Å². The Hall–Kier alpha value is -1.05. The molecule has 0 radical (unpaired) electrons. The first-order valence-corrected chi connectivity index (χ1v) is 4.05. The molecule has 2 N–H and O–H groups in total. The summed E-state index contributed by atoms with van der Waals surface area (Å²) in [5, 5.41) is 0. The van der Waals surface area contributed by atoms with Crippen LogP contribution in [0.25, 0.3) is 0 Å². The Labute approximate surface area is 74.9 Å². The summed E-state index contributed by atoms with van der Waals surface area (Å²) in [6, 6.07) is 0. The number of allylic oxidation sites excluding steroid dienone is 2. The van der Waals surface area contributed by atoms with Gasteiger partial charge in [-0.15, -0.1) is 0 Å². The second kappa shape index (κ2) is 4.10. The van der Waals surface area contributed by atoms with Gasteiger partial charge in [-0.2, -0.15) is 0 Å². The van der Waals surface area contributed by atoms with Crippen molar-refractivity contribution in [3.05, 3.63) is 24.6 Å². The predicted molar refractivity (Wildman–Crippen MR) is 55.0 cm³/mol. The summed E-state index contributed by atoms with van der Waals surface area (Å²) in [4.78, 5) is 4.22. The first-order chi connectivity index (χ1) is 5.41. The van der Waals surface area contributed by atoms with Gasteiger partial charge in [-0.25, -0.2) is 4.99 Å². The lowest BCUT2D eigenvalue weighted by Crippen LogP contribution is -2.18. The molecule has 2 heteroatoms. The highest BCUT2D eigenvalue weighted by atomic mass is 14.9. The number of nitrogens with two attached hydrogens (primary N) is 1. The quantitative estimate of drug-likeness (QED) is 0.629. The molecule has 12 heavy (non-hydrogen) atoms. The third-order valence-corrected chi connectivity index (χ3v) is 1.51. The normalized spacial score (nSPS) is 14.7. The molecule has 0 aromatic rings. The number of aliphatic imine (C=N–C) groups is 1. The van der Waals surface area contributed by atoms with Crippen LogP contribution >= 0.6 is 0 Å². The fourth-order valence-electron chi connectivity index (χ4n) is 0.723.